The van der Waals surface area contributed by atoms with E-state index < -0.39 is 18.0 Å². The van der Waals surface area contributed by atoms with Gasteiger partial charge in [-0.1, -0.05) is 5.16 Å². The smallest absolute Gasteiger partial charge is 0.406 e. The number of ether oxygens (including phenoxy) is 1. The molecule has 0 radical (unpaired) electrons. The van der Waals surface area contributed by atoms with Gasteiger partial charge in [-0.25, -0.2) is 0 Å². The second-order valence-electron chi connectivity index (χ2n) is 4.72. The molecule has 25 heavy (non-hydrogen) atoms. The van der Waals surface area contributed by atoms with Crippen molar-refractivity contribution in [2.45, 2.75) is 13.3 Å². The molecule has 0 saturated carbocycles. The van der Waals surface area contributed by atoms with Crippen LogP contribution < -0.4 is 10.1 Å². The van der Waals surface area contributed by atoms with Crippen LogP contribution in [-0.2, 0) is 0 Å². The van der Waals surface area contributed by atoms with Crippen molar-refractivity contribution in [1.82, 2.24) is 25.4 Å². The predicted octanol–water partition coefficient (Wildman–Crippen LogP) is 2.11. The van der Waals surface area contributed by atoms with E-state index in [1.54, 1.807) is 6.92 Å². The highest BCUT2D eigenvalue weighted by molar-refractivity contribution is 6.00. The lowest BCUT2D eigenvalue weighted by Gasteiger charge is -2.08. The molecule has 0 bridgehead atoms. The minimum Gasteiger partial charge on any atom is -0.406 e. The van der Waals surface area contributed by atoms with Crippen molar-refractivity contribution in [3.05, 3.63) is 41.9 Å². The van der Waals surface area contributed by atoms with Crippen LogP contribution in [0, 0.1) is 6.92 Å². The molecular weight excluding hydrogens is 345 g/mol. The molecule has 12 heteroatoms. The summed E-state index contributed by atoms with van der Waals surface area (Å²) in [6.07, 6.45) is -4.78. The molecule has 1 amide bonds. The number of hydrogen-bond donors (Lipinski definition) is 1. The average Bonchev–Trinajstić information content (AvgIpc) is 3.16. The first-order valence-corrected chi connectivity index (χ1v) is 6.71. The topological polar surface area (TPSA) is 108 Å². The minimum absolute atomic E-state index is 0.188. The van der Waals surface area contributed by atoms with E-state index >= 15 is 0 Å². The Bertz CT molecular complexity index is 887. The largest absolute Gasteiger partial charge is 0.573 e. The molecule has 3 rings (SSSR count). The zero-order valence-electron chi connectivity index (χ0n) is 12.5. The molecule has 0 aliphatic carbocycles. The number of tetrazole rings is 1. The van der Waals surface area contributed by atoms with Crippen molar-refractivity contribution in [3.63, 3.8) is 0 Å². The zero-order chi connectivity index (χ0) is 18.0. The summed E-state index contributed by atoms with van der Waals surface area (Å²) < 4.78 is 44.9. The molecule has 0 atom stereocenters. The Morgan fingerprint density at radius 2 is 2.00 bits per heavy atom. The highest BCUT2D eigenvalue weighted by Gasteiger charge is 2.31. The van der Waals surface area contributed by atoms with Crippen LogP contribution in [0.4, 0.5) is 19.0 Å². The summed E-state index contributed by atoms with van der Waals surface area (Å²) in [6, 6.07) is 6.24. The average molecular weight is 354 g/mol. The molecule has 1 aromatic carbocycles. The molecule has 2 aromatic heterocycles. The lowest BCUT2D eigenvalue weighted by Crippen LogP contribution is -2.17. The van der Waals surface area contributed by atoms with Crippen LogP contribution >= 0.6 is 0 Å². The lowest BCUT2D eigenvalue weighted by molar-refractivity contribution is -0.274. The van der Waals surface area contributed by atoms with Gasteiger partial charge in [-0.15, -0.1) is 28.2 Å². The number of nitrogens with zero attached hydrogens (tertiary/aromatic N) is 5. The summed E-state index contributed by atoms with van der Waals surface area (Å²) in [5, 5.41) is 17.1. The Hall–Kier alpha value is -3.44. The maximum absolute atomic E-state index is 12.1. The summed E-state index contributed by atoms with van der Waals surface area (Å²) in [7, 11) is 0. The van der Waals surface area contributed by atoms with Crippen molar-refractivity contribution >= 4 is 11.7 Å². The van der Waals surface area contributed by atoms with E-state index in [0.717, 1.165) is 16.9 Å². The number of anilines is 1. The number of halogens is 3. The van der Waals surface area contributed by atoms with Crippen molar-refractivity contribution in [1.29, 1.82) is 0 Å². The van der Waals surface area contributed by atoms with Gasteiger partial charge in [0.1, 0.15) is 11.5 Å². The Morgan fingerprint density at radius 3 is 2.60 bits per heavy atom. The second-order valence-corrected chi connectivity index (χ2v) is 4.72. The second kappa shape index (κ2) is 6.22. The molecule has 0 saturated heterocycles. The monoisotopic (exact) mass is 354 g/mol. The third-order valence-corrected chi connectivity index (χ3v) is 2.79. The van der Waals surface area contributed by atoms with Crippen molar-refractivity contribution in [3.8, 4) is 11.4 Å². The first kappa shape index (κ1) is 16.4. The van der Waals surface area contributed by atoms with E-state index in [9.17, 15) is 18.0 Å². The van der Waals surface area contributed by atoms with Crippen molar-refractivity contribution < 1.29 is 27.2 Å². The van der Waals surface area contributed by atoms with E-state index in [1.165, 1.54) is 18.2 Å². The molecule has 0 unspecified atom stereocenters. The minimum atomic E-state index is -4.78. The summed E-state index contributed by atoms with van der Waals surface area (Å²) >= 11 is 0. The number of benzene rings is 1. The van der Waals surface area contributed by atoms with Crippen LogP contribution in [0.25, 0.3) is 5.69 Å². The first-order chi connectivity index (χ1) is 11.8. The highest BCUT2D eigenvalue weighted by Crippen LogP contribution is 2.23. The van der Waals surface area contributed by atoms with E-state index in [-0.39, 0.29) is 11.6 Å². The van der Waals surface area contributed by atoms with Crippen LogP contribution in [0.2, 0.25) is 0 Å². The number of amides is 1. The summed E-state index contributed by atoms with van der Waals surface area (Å²) in [5.74, 6) is -0.621. The van der Waals surface area contributed by atoms with Crippen LogP contribution in [-0.4, -0.2) is 37.6 Å². The molecule has 0 spiro atoms. The molecule has 2 heterocycles. The number of hydrogen-bond acceptors (Lipinski definition) is 7. The summed E-state index contributed by atoms with van der Waals surface area (Å²) in [4.78, 5) is 12.9. The Morgan fingerprint density at radius 1 is 1.28 bits per heavy atom. The number of alkyl halides is 3. The maximum Gasteiger partial charge on any atom is 0.573 e. The summed E-state index contributed by atoms with van der Waals surface area (Å²) in [5.41, 5.74) is 0.290. The van der Waals surface area contributed by atoms with Gasteiger partial charge in [0, 0.05) is 6.07 Å². The van der Waals surface area contributed by atoms with E-state index in [2.05, 4.69) is 30.6 Å². The van der Waals surface area contributed by atoms with Gasteiger partial charge < -0.3 is 14.6 Å². The summed E-state index contributed by atoms with van der Waals surface area (Å²) in [6.45, 7) is 1.66. The van der Waals surface area contributed by atoms with Gasteiger partial charge in [0.15, 0.2) is 5.82 Å². The van der Waals surface area contributed by atoms with Crippen molar-refractivity contribution in [2.24, 2.45) is 0 Å². The molecule has 3 aromatic rings. The van der Waals surface area contributed by atoms with Gasteiger partial charge in [-0.05, 0) is 36.4 Å². The Balaban J connectivity index is 1.71. The van der Waals surface area contributed by atoms with Crippen LogP contribution in [0.5, 0.6) is 5.75 Å². The van der Waals surface area contributed by atoms with Gasteiger partial charge in [0.05, 0.1) is 5.69 Å². The molecule has 130 valence electrons. The number of carbonyl (C=O) groups excluding carboxylic acids is 1. The van der Waals surface area contributed by atoms with Crippen LogP contribution in [0.3, 0.4) is 0 Å². The van der Waals surface area contributed by atoms with Gasteiger partial charge in [0.25, 0.3) is 11.7 Å². The molecule has 1 N–H and O–H groups in total. The normalized spacial score (nSPS) is 11.4. The molecule has 0 aliphatic heterocycles. The number of aromatic nitrogens is 5. The Labute approximate surface area is 137 Å². The highest BCUT2D eigenvalue weighted by atomic mass is 19.4. The fourth-order valence-corrected chi connectivity index (χ4v) is 1.79. The predicted molar refractivity (Wildman–Crippen MR) is 75.0 cm³/mol. The van der Waals surface area contributed by atoms with E-state index in [1.807, 2.05) is 0 Å². The van der Waals surface area contributed by atoms with Crippen LogP contribution in [0.1, 0.15) is 16.4 Å². The molecule has 0 fully saturated rings. The fourth-order valence-electron chi connectivity index (χ4n) is 1.79. The molecular formula is C13H9F3N6O3. The maximum atomic E-state index is 12.1. The fraction of sp³-hybridized carbons (Fsp3) is 0.154. The number of carbonyl (C=O) groups is 1. The first-order valence-electron chi connectivity index (χ1n) is 6.71. The standard InChI is InChI=1S/C13H9F3N6O3/c1-7-6-10(20-25-7)17-12(23)11-18-21-22(19-11)8-2-4-9(5-3-8)24-13(14,15)16/h2-6H,1H3,(H,17,20,23). The lowest BCUT2D eigenvalue weighted by atomic mass is 10.3. The Kier molecular flexibility index (Phi) is 4.09. The van der Waals surface area contributed by atoms with Gasteiger partial charge in [0.2, 0.25) is 0 Å². The molecule has 9 nitrogen and oxygen atoms in total. The number of nitrogens with one attached hydrogen (secondary N) is 1. The zero-order valence-corrected chi connectivity index (χ0v) is 12.5. The number of aryl methyl sites for hydroxylation is 1. The molecule has 0 aliphatic rings. The van der Waals surface area contributed by atoms with Gasteiger partial charge in [-0.2, -0.15) is 0 Å². The SMILES string of the molecule is Cc1cc(NC(=O)c2nnn(-c3ccc(OC(F)(F)F)cc3)n2)no1. The van der Waals surface area contributed by atoms with Gasteiger partial charge >= 0.3 is 6.36 Å². The quantitative estimate of drug-likeness (QED) is 0.764. The van der Waals surface area contributed by atoms with E-state index in [4.69, 9.17) is 4.52 Å². The van der Waals surface area contributed by atoms with Crippen LogP contribution in [0.15, 0.2) is 34.9 Å². The van der Waals surface area contributed by atoms with Crippen molar-refractivity contribution in [2.75, 3.05) is 5.32 Å². The van der Waals surface area contributed by atoms with E-state index in [0.29, 0.717) is 11.4 Å². The number of rotatable bonds is 4. The van der Waals surface area contributed by atoms with Gasteiger partial charge in [-0.3, -0.25) is 4.79 Å². The third kappa shape index (κ3) is 4.10. The third-order valence-electron chi connectivity index (χ3n) is 2.79.